The van der Waals surface area contributed by atoms with Gasteiger partial charge in [0.25, 0.3) is 0 Å². The Morgan fingerprint density at radius 1 is 1.13 bits per heavy atom. The molecule has 0 radical (unpaired) electrons. The van der Waals surface area contributed by atoms with Crippen molar-refractivity contribution in [1.29, 1.82) is 0 Å². The molecule has 0 amide bonds. The van der Waals surface area contributed by atoms with Gasteiger partial charge < -0.3 is 15.2 Å². The van der Waals surface area contributed by atoms with E-state index in [1.54, 1.807) is 24.4 Å². The molecule has 11 heteroatoms. The minimum atomic E-state index is -4.84. The number of benzene rings is 1. The quantitative estimate of drug-likeness (QED) is 0.333. The Labute approximate surface area is 217 Å². The first-order valence-corrected chi connectivity index (χ1v) is 12.3. The summed E-state index contributed by atoms with van der Waals surface area (Å²) in [5.74, 6) is -1.63. The van der Waals surface area contributed by atoms with Gasteiger partial charge in [0.05, 0.1) is 28.8 Å². The van der Waals surface area contributed by atoms with Crippen LogP contribution in [0.4, 0.5) is 29.2 Å². The van der Waals surface area contributed by atoms with E-state index in [-0.39, 0.29) is 37.6 Å². The maximum atomic E-state index is 14.4. The van der Waals surface area contributed by atoms with Crippen molar-refractivity contribution >= 4 is 17.6 Å². The van der Waals surface area contributed by atoms with Crippen LogP contribution in [0.1, 0.15) is 57.7 Å². The van der Waals surface area contributed by atoms with Crippen molar-refractivity contribution in [3.63, 3.8) is 0 Å². The fourth-order valence-corrected chi connectivity index (χ4v) is 4.79. The van der Waals surface area contributed by atoms with E-state index < -0.39 is 40.8 Å². The van der Waals surface area contributed by atoms with E-state index in [0.717, 1.165) is 18.0 Å². The fraction of sp³-hybridized carbons (Fsp3) is 0.444. The molecule has 0 bridgehead atoms. The standard InChI is InChI=1S/C27H30F4N4O3/c1-25(2,3)35-22(12-15-32-35)34-21-9-4-6-17(33-21)16-26(24(36)37)13-10-18(11-14-26)38-20-8-5-7-19(23(20)28)27(29,30)31/h4-9,12,15,18H,10-11,13-14,16H2,1-3H3,(H,33,34)(H,36,37)/t18-,26-. The molecule has 0 atom stereocenters. The van der Waals surface area contributed by atoms with Crippen molar-refractivity contribution in [1.82, 2.24) is 14.8 Å². The summed E-state index contributed by atoms with van der Waals surface area (Å²) in [5, 5.41) is 17.7. The maximum absolute atomic E-state index is 14.4. The number of halogens is 4. The zero-order chi connectivity index (χ0) is 27.7. The van der Waals surface area contributed by atoms with E-state index >= 15 is 0 Å². The number of hydrogen-bond donors (Lipinski definition) is 2. The predicted molar refractivity (Wildman–Crippen MR) is 133 cm³/mol. The number of ether oxygens (including phenoxy) is 1. The van der Waals surface area contributed by atoms with Crippen LogP contribution in [-0.4, -0.2) is 31.9 Å². The number of nitrogens with one attached hydrogen (secondary N) is 1. The largest absolute Gasteiger partial charge is 0.487 e. The molecule has 4 rings (SSSR count). The molecule has 0 unspecified atom stereocenters. The van der Waals surface area contributed by atoms with Crippen LogP contribution in [0.3, 0.4) is 0 Å². The zero-order valence-electron chi connectivity index (χ0n) is 21.3. The summed E-state index contributed by atoms with van der Waals surface area (Å²) in [6, 6.07) is 10.1. The van der Waals surface area contributed by atoms with Gasteiger partial charge in [-0.05, 0) is 70.7 Å². The summed E-state index contributed by atoms with van der Waals surface area (Å²) >= 11 is 0. The second kappa shape index (κ2) is 10.3. The third-order valence-corrected chi connectivity index (χ3v) is 6.77. The van der Waals surface area contributed by atoms with Crippen LogP contribution >= 0.6 is 0 Å². The van der Waals surface area contributed by atoms with E-state index in [1.165, 1.54) is 0 Å². The second-order valence-corrected chi connectivity index (χ2v) is 10.6. The molecule has 38 heavy (non-hydrogen) atoms. The number of alkyl halides is 3. The zero-order valence-corrected chi connectivity index (χ0v) is 21.3. The van der Waals surface area contributed by atoms with Crippen molar-refractivity contribution in [2.24, 2.45) is 5.41 Å². The number of carboxylic acid groups (broad SMARTS) is 1. The molecule has 7 nitrogen and oxygen atoms in total. The summed E-state index contributed by atoms with van der Waals surface area (Å²) in [6.45, 7) is 6.06. The lowest BCUT2D eigenvalue weighted by atomic mass is 9.70. The van der Waals surface area contributed by atoms with Crippen molar-refractivity contribution in [3.8, 4) is 5.75 Å². The van der Waals surface area contributed by atoms with Crippen molar-refractivity contribution in [3.05, 3.63) is 65.7 Å². The molecule has 1 fully saturated rings. The Morgan fingerprint density at radius 2 is 1.82 bits per heavy atom. The number of aliphatic carboxylic acids is 1. The highest BCUT2D eigenvalue weighted by Crippen LogP contribution is 2.42. The van der Waals surface area contributed by atoms with E-state index in [9.17, 15) is 27.5 Å². The first-order valence-electron chi connectivity index (χ1n) is 12.3. The lowest BCUT2D eigenvalue weighted by Gasteiger charge is -2.36. The molecule has 1 aliphatic rings. The third kappa shape index (κ3) is 5.92. The Bertz CT molecular complexity index is 1290. The predicted octanol–water partition coefficient (Wildman–Crippen LogP) is 6.57. The summed E-state index contributed by atoms with van der Waals surface area (Å²) in [5.41, 5.74) is -2.18. The Kier molecular flexibility index (Phi) is 7.40. The maximum Gasteiger partial charge on any atom is 0.419 e. The molecule has 0 saturated heterocycles. The van der Waals surface area contributed by atoms with Gasteiger partial charge >= 0.3 is 12.1 Å². The van der Waals surface area contributed by atoms with Gasteiger partial charge in [0.1, 0.15) is 11.6 Å². The van der Waals surface area contributed by atoms with E-state index in [2.05, 4.69) is 15.4 Å². The van der Waals surface area contributed by atoms with E-state index in [4.69, 9.17) is 4.74 Å². The van der Waals surface area contributed by atoms with Gasteiger partial charge in [-0.25, -0.2) is 14.1 Å². The average Bonchev–Trinajstić information content (AvgIpc) is 3.30. The summed E-state index contributed by atoms with van der Waals surface area (Å²) in [4.78, 5) is 17.0. The van der Waals surface area contributed by atoms with Crippen LogP contribution in [0.2, 0.25) is 0 Å². The SMILES string of the molecule is CC(C)(C)n1nccc1Nc1cccc(C[C@]2(C(=O)O)CC[C@H](Oc3cccc(C(F)(F)F)c3F)CC2)n1. The number of rotatable bonds is 7. The molecule has 0 spiro atoms. The molecule has 204 valence electrons. The number of carbonyl (C=O) groups is 1. The molecule has 1 aromatic carbocycles. The van der Waals surface area contributed by atoms with Crippen LogP contribution in [0, 0.1) is 11.2 Å². The van der Waals surface area contributed by atoms with Gasteiger partial charge in [-0.1, -0.05) is 12.1 Å². The van der Waals surface area contributed by atoms with Crippen LogP contribution in [0.25, 0.3) is 0 Å². The van der Waals surface area contributed by atoms with Gasteiger partial charge in [0.15, 0.2) is 11.6 Å². The number of nitrogens with zero attached hydrogens (tertiary/aromatic N) is 3. The topological polar surface area (TPSA) is 89.3 Å². The van der Waals surface area contributed by atoms with Crippen LogP contribution in [0.5, 0.6) is 5.75 Å². The monoisotopic (exact) mass is 534 g/mol. The van der Waals surface area contributed by atoms with Gasteiger partial charge in [-0.15, -0.1) is 0 Å². The highest BCUT2D eigenvalue weighted by atomic mass is 19.4. The summed E-state index contributed by atoms with van der Waals surface area (Å²) < 4.78 is 60.9. The first kappa shape index (κ1) is 27.4. The molecular weight excluding hydrogens is 504 g/mol. The van der Waals surface area contributed by atoms with Gasteiger partial charge in [-0.2, -0.15) is 18.3 Å². The lowest BCUT2D eigenvalue weighted by Crippen LogP contribution is -2.40. The van der Waals surface area contributed by atoms with Crippen LogP contribution in [0.15, 0.2) is 48.7 Å². The molecule has 2 N–H and O–H groups in total. The van der Waals surface area contributed by atoms with Crippen molar-refractivity contribution < 1.29 is 32.2 Å². The number of pyridine rings is 1. The smallest absolute Gasteiger partial charge is 0.419 e. The van der Waals surface area contributed by atoms with Gasteiger partial charge in [0, 0.05) is 18.2 Å². The van der Waals surface area contributed by atoms with E-state index in [0.29, 0.717) is 17.6 Å². The Balaban J connectivity index is 1.45. The number of anilines is 2. The molecule has 2 heterocycles. The first-order chi connectivity index (χ1) is 17.8. The molecular formula is C27H30F4N4O3. The summed E-state index contributed by atoms with van der Waals surface area (Å²) in [6.07, 6.45) is -2.65. The highest BCUT2D eigenvalue weighted by molar-refractivity contribution is 5.75. The number of aromatic nitrogens is 3. The van der Waals surface area contributed by atoms with Crippen LogP contribution < -0.4 is 10.1 Å². The minimum absolute atomic E-state index is 0.168. The molecule has 1 saturated carbocycles. The van der Waals surface area contributed by atoms with Crippen LogP contribution in [-0.2, 0) is 22.9 Å². The molecule has 1 aliphatic carbocycles. The van der Waals surface area contributed by atoms with Crippen molar-refractivity contribution in [2.75, 3.05) is 5.32 Å². The average molecular weight is 535 g/mol. The normalized spacial score (nSPS) is 20.2. The summed E-state index contributed by atoms with van der Waals surface area (Å²) in [7, 11) is 0. The van der Waals surface area contributed by atoms with Gasteiger partial charge in [-0.3, -0.25) is 4.79 Å². The lowest BCUT2D eigenvalue weighted by molar-refractivity contribution is -0.152. The second-order valence-electron chi connectivity index (χ2n) is 10.6. The molecule has 0 aliphatic heterocycles. The Morgan fingerprint density at radius 3 is 2.45 bits per heavy atom. The number of carboxylic acids is 1. The van der Waals surface area contributed by atoms with Gasteiger partial charge in [0.2, 0.25) is 0 Å². The van der Waals surface area contributed by atoms with E-state index in [1.807, 2.05) is 31.5 Å². The van der Waals surface area contributed by atoms with Crippen molar-refractivity contribution in [2.45, 2.75) is 70.7 Å². The Hall–Kier alpha value is -3.63. The minimum Gasteiger partial charge on any atom is -0.487 e. The fourth-order valence-electron chi connectivity index (χ4n) is 4.79. The molecule has 2 aromatic heterocycles. The highest BCUT2D eigenvalue weighted by Gasteiger charge is 2.43. The number of hydrogen-bond acceptors (Lipinski definition) is 5. The molecule has 3 aromatic rings. The third-order valence-electron chi connectivity index (χ3n) is 6.77.